The molecular weight excluding hydrogens is 1860 g/mol. The first kappa shape index (κ1) is 85.0. The Morgan fingerprint density at radius 2 is 0.427 bits per heavy atom. The quantitative estimate of drug-likeness (QED) is 0.142. The lowest BCUT2D eigenvalue weighted by molar-refractivity contribution is 0.669. The Morgan fingerprint density at radius 3 is 0.800 bits per heavy atom. The molecule has 0 saturated heterocycles. The van der Waals surface area contributed by atoms with Crippen LogP contribution in [0, 0.1) is 0 Å². The Hall–Kier alpha value is -19.5. The van der Waals surface area contributed by atoms with Crippen LogP contribution in [0.2, 0.25) is 0 Å². The van der Waals surface area contributed by atoms with Crippen LogP contribution >= 0.6 is 22.7 Å². The lowest BCUT2D eigenvalue weighted by Gasteiger charge is -2.13. The van der Waals surface area contributed by atoms with Crippen molar-refractivity contribution in [3.05, 3.63) is 491 Å². The molecule has 0 amide bonds. The Morgan fingerprint density at radius 1 is 0.167 bits per heavy atom. The summed E-state index contributed by atoms with van der Waals surface area (Å²) in [5, 5.41) is 30.0. The van der Waals surface area contributed by atoms with Crippen molar-refractivity contribution in [3.8, 4) is 84.6 Å². The first-order valence-electron chi connectivity index (χ1n) is 50.7. The number of hydrogen-bond acceptors (Lipinski definition) is 9. The zero-order valence-electron chi connectivity index (χ0n) is 80.5. The number of furan rings is 1. The van der Waals surface area contributed by atoms with Gasteiger partial charge in [0.1, 0.15) is 11.2 Å². The summed E-state index contributed by atoms with van der Waals surface area (Å²) in [5.41, 5.74) is 29.1. The summed E-state index contributed by atoms with van der Waals surface area (Å²) in [5.74, 6) is 0. The third kappa shape index (κ3) is 13.6. The molecule has 0 bridgehead atoms. The van der Waals surface area contributed by atoms with Gasteiger partial charge in [0.05, 0.1) is 100 Å². The second-order valence-electron chi connectivity index (χ2n) is 38.9. The Kier molecular flexibility index (Phi) is 19.3. The van der Waals surface area contributed by atoms with E-state index >= 15 is 0 Å². The van der Waals surface area contributed by atoms with Crippen molar-refractivity contribution in [3.63, 3.8) is 0 Å². The van der Waals surface area contributed by atoms with Gasteiger partial charge in [0, 0.05) is 134 Å². The van der Waals surface area contributed by atoms with Crippen molar-refractivity contribution < 1.29 is 4.42 Å². The number of rotatable bonds is 9. The van der Waals surface area contributed by atoms with Crippen molar-refractivity contribution >= 4 is 248 Å². The standard InChI is InChI=1S/C46H27N3O.2C46H27N3S/c1-3-11-33-28(9-1)19-24-39-43(33)44-34-12-4-2-10-29(34)20-25-40(44)49(39)32-22-17-30(18-23-32)45-46(48-38-15-7-6-14-37(38)47-45)31-21-26-42-36(27-31)35-13-5-8-16-41(35)50-42;1-3-12-32-28(10-1)22-26-39-42(32)43-33-13-4-2-11-29(33)23-27-40(43)49(39)31-24-20-30(21-25-31)44-45(48-38-18-7-6-17-37(38)47-44)36-16-9-15-35-34-14-5-8-19-41(34)50-46(35)36;1-3-11-33-28(9-1)19-24-39-43(33)44-34-12-4-2-10-29(34)20-25-40(44)49(39)32-22-17-30(18-23-32)45-46(48-38-15-7-6-14-37(38)47-45)31-21-26-42-36(27-31)35-13-5-8-16-41(35)50-42/h3*1-27H. The fourth-order valence-corrected chi connectivity index (χ4v) is 26.0. The van der Waals surface area contributed by atoms with E-state index in [0.29, 0.717) is 0 Å². The van der Waals surface area contributed by atoms with Gasteiger partial charge in [0.2, 0.25) is 0 Å². The molecule has 9 aromatic heterocycles. The fourth-order valence-electron chi connectivity index (χ4n) is 23.7. The highest BCUT2D eigenvalue weighted by molar-refractivity contribution is 7.26. The van der Waals surface area contributed by atoms with E-state index in [0.717, 1.165) is 140 Å². The summed E-state index contributed by atoms with van der Waals surface area (Å²) < 4.78 is 18.5. The highest BCUT2D eigenvalue weighted by Gasteiger charge is 2.27. The molecule has 33 rings (SSSR count). The van der Waals surface area contributed by atoms with Gasteiger partial charge in [-0.05, 0) is 222 Å². The second-order valence-corrected chi connectivity index (χ2v) is 41.0. The summed E-state index contributed by atoms with van der Waals surface area (Å²) in [6.45, 7) is 0. The molecule has 0 aliphatic carbocycles. The molecule has 0 radical (unpaired) electrons. The molecular formula is C138H81N9OS2. The Bertz CT molecular complexity index is 10800. The predicted molar refractivity (Wildman–Crippen MR) is 632 cm³/mol. The fraction of sp³-hybridized carbons (Fsp3) is 0. The number of thiophene rings is 2. The normalized spacial score (nSPS) is 12.0. The van der Waals surface area contributed by atoms with Crippen molar-refractivity contribution in [2.24, 2.45) is 0 Å². The molecule has 696 valence electrons. The van der Waals surface area contributed by atoms with Gasteiger partial charge in [-0.1, -0.05) is 334 Å². The van der Waals surface area contributed by atoms with E-state index in [1.807, 2.05) is 102 Å². The van der Waals surface area contributed by atoms with Gasteiger partial charge in [0.15, 0.2) is 0 Å². The molecule has 0 spiro atoms. The topological polar surface area (TPSA) is 105 Å². The third-order valence-corrected chi connectivity index (χ3v) is 32.9. The van der Waals surface area contributed by atoms with Gasteiger partial charge in [0.25, 0.3) is 0 Å². The van der Waals surface area contributed by atoms with Crippen LogP contribution in [-0.2, 0) is 0 Å². The molecule has 10 nitrogen and oxygen atoms in total. The number of benzene rings is 24. The van der Waals surface area contributed by atoms with Gasteiger partial charge in [-0.3, -0.25) is 0 Å². The SMILES string of the molecule is c1ccc2c(c1)ccc1c2c2c3ccccc3ccc2n1-c1ccc(-c2nc3ccccc3nc2-c2ccc3oc4ccccc4c3c2)cc1.c1ccc2c(c1)ccc1c2c2c3ccccc3ccc2n1-c1ccc(-c2nc3ccccc3nc2-c2ccc3sc4ccccc4c3c2)cc1.c1ccc2c(c1)ccc1c2c2c3ccccc3ccc2n1-c1ccc(-c2nc3ccccc3nc2-c2cccc3c2sc2ccccc23)cc1. The van der Waals surface area contributed by atoms with E-state index in [9.17, 15) is 0 Å². The largest absolute Gasteiger partial charge is 0.456 e. The maximum absolute atomic E-state index is 6.15. The molecule has 0 fully saturated rings. The average Bonchev–Trinajstić information content (AvgIpc) is 1.56. The number of fused-ring (bicyclic) bond motifs is 33. The van der Waals surface area contributed by atoms with E-state index < -0.39 is 0 Å². The van der Waals surface area contributed by atoms with Crippen molar-refractivity contribution in [1.29, 1.82) is 0 Å². The smallest absolute Gasteiger partial charge is 0.135 e. The number of hydrogen-bond donors (Lipinski definition) is 0. The van der Waals surface area contributed by atoms with Crippen molar-refractivity contribution in [1.82, 2.24) is 43.6 Å². The molecule has 24 aromatic carbocycles. The van der Waals surface area contributed by atoms with Crippen LogP contribution in [0.3, 0.4) is 0 Å². The summed E-state index contributed by atoms with van der Waals surface area (Å²) in [4.78, 5) is 31.5. The van der Waals surface area contributed by atoms with Gasteiger partial charge in [-0.15, -0.1) is 22.7 Å². The Balaban J connectivity index is 0.000000101. The van der Waals surface area contributed by atoms with E-state index in [4.69, 9.17) is 34.3 Å². The molecule has 0 N–H and O–H groups in total. The zero-order chi connectivity index (χ0) is 98.3. The lowest BCUT2D eigenvalue weighted by Crippen LogP contribution is -1.97. The molecule has 0 atom stereocenters. The first-order valence-corrected chi connectivity index (χ1v) is 52.4. The molecule has 9 heterocycles. The van der Waals surface area contributed by atoms with E-state index in [1.165, 1.54) is 170 Å². The van der Waals surface area contributed by atoms with Crippen molar-refractivity contribution in [2.45, 2.75) is 0 Å². The van der Waals surface area contributed by atoms with E-state index in [2.05, 4.69) is 426 Å². The highest BCUT2D eigenvalue weighted by Crippen LogP contribution is 2.50. The second kappa shape index (κ2) is 34.1. The lowest BCUT2D eigenvalue weighted by atomic mass is 10.00. The van der Waals surface area contributed by atoms with E-state index in [1.54, 1.807) is 0 Å². The van der Waals surface area contributed by atoms with Crippen LogP contribution in [-0.4, -0.2) is 43.6 Å². The minimum atomic E-state index is 0.846. The van der Waals surface area contributed by atoms with Crippen LogP contribution in [0.25, 0.3) is 310 Å². The van der Waals surface area contributed by atoms with Crippen LogP contribution in [0.1, 0.15) is 0 Å². The van der Waals surface area contributed by atoms with Gasteiger partial charge in [-0.2, -0.15) is 0 Å². The van der Waals surface area contributed by atoms with Crippen LogP contribution in [0.4, 0.5) is 0 Å². The molecule has 12 heteroatoms. The van der Waals surface area contributed by atoms with Gasteiger partial charge in [-0.25, -0.2) is 29.9 Å². The van der Waals surface area contributed by atoms with Gasteiger partial charge >= 0.3 is 0 Å². The number of aromatic nitrogens is 9. The molecule has 33 aromatic rings. The molecule has 0 aliphatic rings. The third-order valence-electron chi connectivity index (χ3n) is 30.5. The maximum atomic E-state index is 6.15. The summed E-state index contributed by atoms with van der Waals surface area (Å²) in [6, 6.07) is 175. The molecule has 0 unspecified atom stereocenters. The monoisotopic (exact) mass is 1940 g/mol. The maximum Gasteiger partial charge on any atom is 0.135 e. The predicted octanol–water partition coefficient (Wildman–Crippen LogP) is 37.7. The molecule has 150 heavy (non-hydrogen) atoms. The summed E-state index contributed by atoms with van der Waals surface area (Å²) >= 11 is 3.66. The van der Waals surface area contributed by atoms with Crippen LogP contribution in [0.15, 0.2) is 496 Å². The van der Waals surface area contributed by atoms with Crippen LogP contribution < -0.4 is 0 Å². The molecule has 0 aliphatic heterocycles. The summed E-state index contributed by atoms with van der Waals surface area (Å²) in [7, 11) is 0. The van der Waals surface area contributed by atoms with Crippen LogP contribution in [0.5, 0.6) is 0 Å². The highest BCUT2D eigenvalue weighted by atomic mass is 32.1. The average molecular weight is 1950 g/mol. The number of nitrogens with zero attached hydrogens (tertiary/aromatic N) is 9. The number of para-hydroxylation sites is 7. The van der Waals surface area contributed by atoms with E-state index in [-0.39, 0.29) is 0 Å². The molecule has 0 saturated carbocycles. The first-order chi connectivity index (χ1) is 74.4. The summed E-state index contributed by atoms with van der Waals surface area (Å²) in [6.07, 6.45) is 0. The minimum Gasteiger partial charge on any atom is -0.456 e. The zero-order valence-corrected chi connectivity index (χ0v) is 82.1. The minimum absolute atomic E-state index is 0.846. The van der Waals surface area contributed by atoms with Crippen molar-refractivity contribution in [2.75, 3.05) is 0 Å². The Labute approximate surface area is 865 Å². The van der Waals surface area contributed by atoms with Gasteiger partial charge < -0.3 is 18.1 Å².